The molecule has 1 N–H and O–H groups in total. The topological polar surface area (TPSA) is 64.7 Å². The van der Waals surface area contributed by atoms with Crippen LogP contribution in [0.3, 0.4) is 0 Å². The van der Waals surface area contributed by atoms with Crippen LogP contribution in [0.25, 0.3) is 16.9 Å². The number of hydrogen-bond acceptors (Lipinski definition) is 4. The van der Waals surface area contributed by atoms with Gasteiger partial charge in [-0.25, -0.2) is 14.3 Å². The highest BCUT2D eigenvalue weighted by atomic mass is 16.2. The fourth-order valence-electron chi connectivity index (χ4n) is 5.60. The van der Waals surface area contributed by atoms with E-state index in [0.717, 1.165) is 34.8 Å². The molecule has 2 aromatic heterocycles. The molecule has 0 saturated heterocycles. The minimum absolute atomic E-state index is 0.0109. The zero-order chi connectivity index (χ0) is 21.8. The van der Waals surface area contributed by atoms with Crippen molar-refractivity contribution in [3.05, 3.63) is 76.3 Å². The van der Waals surface area contributed by atoms with Crippen LogP contribution in [-0.2, 0) is 0 Å². The molecule has 6 rings (SSSR count). The molecule has 0 aliphatic heterocycles. The van der Waals surface area contributed by atoms with Crippen LogP contribution < -0.4 is 11.0 Å². The Labute approximate surface area is 186 Å². The molecule has 2 heterocycles. The summed E-state index contributed by atoms with van der Waals surface area (Å²) in [5.74, 6) is 1.82. The van der Waals surface area contributed by atoms with E-state index in [1.165, 1.54) is 24.8 Å². The lowest BCUT2D eigenvalue weighted by Crippen LogP contribution is -2.29. The number of nitrogens with one attached hydrogen (secondary N) is 1. The summed E-state index contributed by atoms with van der Waals surface area (Å²) in [6, 6.07) is 16.4. The Bertz CT molecular complexity index is 1350. The highest BCUT2D eigenvalue weighted by Gasteiger charge is 2.42. The molecule has 2 aliphatic rings. The predicted molar refractivity (Wildman–Crippen MR) is 127 cm³/mol. The van der Waals surface area contributed by atoms with Gasteiger partial charge in [0.1, 0.15) is 5.52 Å². The van der Waals surface area contributed by atoms with Gasteiger partial charge in [0.25, 0.3) is 0 Å². The van der Waals surface area contributed by atoms with Crippen LogP contribution in [0.4, 0.5) is 11.6 Å². The van der Waals surface area contributed by atoms with Crippen LogP contribution in [-0.4, -0.2) is 19.1 Å². The maximum atomic E-state index is 13.8. The van der Waals surface area contributed by atoms with Gasteiger partial charge in [0.15, 0.2) is 5.65 Å². The van der Waals surface area contributed by atoms with Gasteiger partial charge in [-0.3, -0.25) is 4.57 Å². The quantitative estimate of drug-likeness (QED) is 0.482. The third-order valence-electron chi connectivity index (χ3n) is 7.25. The molecule has 2 bridgehead atoms. The summed E-state index contributed by atoms with van der Waals surface area (Å²) in [5.41, 5.74) is 5.59. The zero-order valence-electron chi connectivity index (χ0n) is 18.5. The van der Waals surface area contributed by atoms with Crippen LogP contribution in [0.1, 0.15) is 42.9 Å². The number of hydrogen-bond donors (Lipinski definition) is 1. The summed E-state index contributed by atoms with van der Waals surface area (Å²) in [6.45, 7) is 4.11. The fraction of sp³-hybridized carbons (Fsp3) is 0.346. The summed E-state index contributed by atoms with van der Waals surface area (Å²) in [4.78, 5) is 23.2. The molecule has 32 heavy (non-hydrogen) atoms. The first-order chi connectivity index (χ1) is 15.6. The molecule has 3 unspecified atom stereocenters. The summed E-state index contributed by atoms with van der Waals surface area (Å²) in [6.07, 6.45) is 6.65. The van der Waals surface area contributed by atoms with Crippen molar-refractivity contribution in [1.29, 1.82) is 0 Å². The van der Waals surface area contributed by atoms with Gasteiger partial charge in [-0.2, -0.15) is 4.98 Å². The van der Waals surface area contributed by atoms with E-state index in [2.05, 4.69) is 36.3 Å². The molecule has 0 amide bonds. The van der Waals surface area contributed by atoms with Crippen molar-refractivity contribution in [2.45, 2.75) is 45.6 Å². The van der Waals surface area contributed by atoms with Crippen LogP contribution in [0, 0.1) is 25.7 Å². The van der Waals surface area contributed by atoms with Crippen molar-refractivity contribution in [1.82, 2.24) is 19.1 Å². The van der Waals surface area contributed by atoms with Crippen molar-refractivity contribution < 1.29 is 0 Å². The Morgan fingerprint density at radius 3 is 2.31 bits per heavy atom. The molecule has 0 spiro atoms. The van der Waals surface area contributed by atoms with Crippen molar-refractivity contribution in [2.75, 3.05) is 5.32 Å². The minimum atomic E-state index is -0.0109. The summed E-state index contributed by atoms with van der Waals surface area (Å²) < 4.78 is 3.73. The normalized spacial score (nSPS) is 22.0. The first-order valence-electron chi connectivity index (χ1n) is 11.5. The molecule has 6 heteroatoms. The van der Waals surface area contributed by atoms with Crippen molar-refractivity contribution in [3.63, 3.8) is 0 Å². The number of aromatic nitrogens is 4. The van der Waals surface area contributed by atoms with E-state index in [1.807, 2.05) is 47.2 Å². The van der Waals surface area contributed by atoms with Crippen LogP contribution in [0.2, 0.25) is 0 Å². The lowest BCUT2D eigenvalue weighted by atomic mass is 9.95. The van der Waals surface area contributed by atoms with E-state index >= 15 is 0 Å². The van der Waals surface area contributed by atoms with Gasteiger partial charge in [0, 0.05) is 11.7 Å². The van der Waals surface area contributed by atoms with Gasteiger partial charge < -0.3 is 5.32 Å². The van der Waals surface area contributed by atoms with E-state index in [-0.39, 0.29) is 11.7 Å². The second-order valence-electron chi connectivity index (χ2n) is 9.46. The van der Waals surface area contributed by atoms with Gasteiger partial charge in [-0.15, -0.1) is 0 Å². The third kappa shape index (κ3) is 3.13. The number of benzene rings is 2. The number of fused-ring (bicyclic) bond motifs is 3. The minimum Gasteiger partial charge on any atom is -0.324 e. The highest BCUT2D eigenvalue weighted by Crippen LogP contribution is 2.50. The lowest BCUT2D eigenvalue weighted by molar-refractivity contribution is 0.329. The fourth-order valence-corrected chi connectivity index (χ4v) is 5.60. The Hall–Kier alpha value is -3.41. The maximum absolute atomic E-state index is 13.8. The molecule has 2 aliphatic carbocycles. The lowest BCUT2D eigenvalue weighted by Gasteiger charge is -2.22. The van der Waals surface area contributed by atoms with Crippen molar-refractivity contribution in [2.24, 2.45) is 11.8 Å². The van der Waals surface area contributed by atoms with Gasteiger partial charge >= 0.3 is 5.69 Å². The number of rotatable bonds is 4. The van der Waals surface area contributed by atoms with Gasteiger partial charge in [-0.1, -0.05) is 41.8 Å². The van der Waals surface area contributed by atoms with Crippen LogP contribution >= 0.6 is 0 Å². The summed E-state index contributed by atoms with van der Waals surface area (Å²) in [5, 5.41) is 3.29. The SMILES string of the molecule is Cc1ccc(Nc2ncc3c(n2)n(-c2ccc(C)cc2)c(=O)n3C2CC3CCC2C3)cc1. The number of nitrogens with zero attached hydrogens (tertiary/aromatic N) is 4. The number of anilines is 2. The molecular weight excluding hydrogens is 398 g/mol. The zero-order valence-corrected chi connectivity index (χ0v) is 18.5. The molecule has 2 saturated carbocycles. The van der Waals surface area contributed by atoms with Crippen LogP contribution in [0.15, 0.2) is 59.5 Å². The maximum Gasteiger partial charge on any atom is 0.335 e. The van der Waals surface area contributed by atoms with E-state index in [9.17, 15) is 4.79 Å². The second-order valence-corrected chi connectivity index (χ2v) is 9.46. The predicted octanol–water partition coefficient (Wildman–Crippen LogP) is 5.30. The second kappa shape index (κ2) is 7.33. The molecule has 162 valence electrons. The summed E-state index contributed by atoms with van der Waals surface area (Å²) >= 11 is 0. The Kier molecular flexibility index (Phi) is 4.42. The van der Waals surface area contributed by atoms with Crippen molar-refractivity contribution in [3.8, 4) is 5.69 Å². The summed E-state index contributed by atoms with van der Waals surface area (Å²) in [7, 11) is 0. The number of aryl methyl sites for hydroxylation is 2. The van der Waals surface area contributed by atoms with E-state index < -0.39 is 0 Å². The molecule has 3 atom stereocenters. The smallest absolute Gasteiger partial charge is 0.324 e. The first kappa shape index (κ1) is 19.3. The molecular formula is C26H27N5O. The largest absolute Gasteiger partial charge is 0.335 e. The molecule has 6 nitrogen and oxygen atoms in total. The van der Waals surface area contributed by atoms with E-state index in [1.54, 1.807) is 4.57 Å². The Balaban J connectivity index is 1.51. The molecule has 0 radical (unpaired) electrons. The van der Waals surface area contributed by atoms with Crippen LogP contribution in [0.5, 0.6) is 0 Å². The molecule has 4 aromatic rings. The van der Waals surface area contributed by atoms with Gasteiger partial charge in [0.2, 0.25) is 5.95 Å². The molecule has 2 fully saturated rings. The Morgan fingerprint density at radius 1 is 0.938 bits per heavy atom. The van der Waals surface area contributed by atoms with E-state index in [0.29, 0.717) is 17.5 Å². The Morgan fingerprint density at radius 2 is 1.66 bits per heavy atom. The number of imidazole rings is 1. The average molecular weight is 426 g/mol. The van der Waals surface area contributed by atoms with E-state index in [4.69, 9.17) is 4.98 Å². The molecule has 2 aromatic carbocycles. The van der Waals surface area contributed by atoms with Gasteiger partial charge in [-0.05, 0) is 69.2 Å². The van der Waals surface area contributed by atoms with Crippen molar-refractivity contribution >= 4 is 22.8 Å². The standard InChI is InChI=1S/C26H27N5O/c1-16-3-9-20(10-4-16)28-25-27-15-23-24(29-25)30(21-11-5-17(2)6-12-21)26(32)31(23)22-14-18-7-8-19(22)13-18/h3-6,9-12,15,18-19,22H,7-8,13-14H2,1-2H3,(H,27,28,29). The van der Waals surface area contributed by atoms with Gasteiger partial charge in [0.05, 0.1) is 11.9 Å². The monoisotopic (exact) mass is 425 g/mol. The average Bonchev–Trinajstić information content (AvgIpc) is 3.49. The third-order valence-corrected chi connectivity index (χ3v) is 7.25. The highest BCUT2D eigenvalue weighted by molar-refractivity contribution is 5.75. The first-order valence-corrected chi connectivity index (χ1v) is 11.5.